The van der Waals surface area contributed by atoms with Crippen molar-refractivity contribution in [2.24, 2.45) is 5.92 Å². The molecule has 1 rings (SSSR count). The first-order valence-corrected chi connectivity index (χ1v) is 4.95. The van der Waals surface area contributed by atoms with Crippen LogP contribution in [0.1, 0.15) is 44.9 Å². The fraction of sp³-hybridized carbons (Fsp3) is 0.727. The van der Waals surface area contributed by atoms with Gasteiger partial charge in [-0.15, -0.1) is 6.58 Å². The van der Waals surface area contributed by atoms with Gasteiger partial charge in [-0.2, -0.15) is 0 Å². The number of ketones is 1. The van der Waals surface area contributed by atoms with E-state index in [0.29, 0.717) is 5.78 Å². The van der Waals surface area contributed by atoms with Gasteiger partial charge >= 0.3 is 0 Å². The average molecular weight is 166 g/mol. The molecular formula is C11H18O. The number of Topliss-reactive ketones (excluding diaryl/α,β-unsaturated/α-hetero) is 1. The first kappa shape index (κ1) is 9.50. The molecule has 0 bridgehead atoms. The van der Waals surface area contributed by atoms with Crippen LogP contribution in [0.4, 0.5) is 0 Å². The van der Waals surface area contributed by atoms with Crippen molar-refractivity contribution in [1.29, 1.82) is 0 Å². The molecule has 1 saturated carbocycles. The number of carbonyl (C=O) groups is 1. The van der Waals surface area contributed by atoms with Gasteiger partial charge in [-0.25, -0.2) is 0 Å². The van der Waals surface area contributed by atoms with Crippen molar-refractivity contribution in [3.63, 3.8) is 0 Å². The minimum absolute atomic E-state index is 0.460. The summed E-state index contributed by atoms with van der Waals surface area (Å²) in [6, 6.07) is 0. The standard InChI is InChI=1S/C11H18O/c1-2-3-4-8-11(12)9-10-6-5-7-10/h2,10H,1,3-9H2. The highest BCUT2D eigenvalue weighted by atomic mass is 16.1. The zero-order valence-corrected chi connectivity index (χ0v) is 7.72. The van der Waals surface area contributed by atoms with Crippen LogP contribution in [0.2, 0.25) is 0 Å². The van der Waals surface area contributed by atoms with Crippen molar-refractivity contribution in [1.82, 2.24) is 0 Å². The molecule has 0 aromatic heterocycles. The highest BCUT2D eigenvalue weighted by Crippen LogP contribution is 2.29. The summed E-state index contributed by atoms with van der Waals surface area (Å²) in [5, 5.41) is 0. The van der Waals surface area contributed by atoms with Crippen LogP contribution in [-0.2, 0) is 4.79 Å². The van der Waals surface area contributed by atoms with Gasteiger partial charge in [0.05, 0.1) is 0 Å². The summed E-state index contributed by atoms with van der Waals surface area (Å²) >= 11 is 0. The molecule has 0 aromatic carbocycles. The Hall–Kier alpha value is -0.590. The number of carbonyl (C=O) groups excluding carboxylic acids is 1. The van der Waals surface area contributed by atoms with Crippen molar-refractivity contribution < 1.29 is 4.79 Å². The Kier molecular flexibility index (Phi) is 4.06. The van der Waals surface area contributed by atoms with Crippen molar-refractivity contribution in [2.45, 2.75) is 44.9 Å². The largest absolute Gasteiger partial charge is 0.300 e. The molecule has 1 nitrogen and oxygen atoms in total. The van der Waals surface area contributed by atoms with E-state index in [4.69, 9.17) is 0 Å². The van der Waals surface area contributed by atoms with E-state index in [0.717, 1.165) is 31.6 Å². The van der Waals surface area contributed by atoms with Gasteiger partial charge in [-0.05, 0) is 18.8 Å². The average Bonchev–Trinajstić information content (AvgIpc) is 1.98. The molecule has 0 amide bonds. The second-order valence-corrected chi connectivity index (χ2v) is 3.72. The Labute approximate surface area is 74.9 Å². The molecule has 0 aromatic rings. The van der Waals surface area contributed by atoms with Gasteiger partial charge in [0.2, 0.25) is 0 Å². The molecule has 0 heterocycles. The zero-order valence-electron chi connectivity index (χ0n) is 7.72. The highest BCUT2D eigenvalue weighted by Gasteiger charge is 2.19. The Balaban J connectivity index is 1.99. The Morgan fingerprint density at radius 1 is 1.50 bits per heavy atom. The molecule has 0 N–H and O–H groups in total. The summed E-state index contributed by atoms with van der Waals surface area (Å²) < 4.78 is 0. The van der Waals surface area contributed by atoms with E-state index >= 15 is 0 Å². The van der Waals surface area contributed by atoms with E-state index in [1.807, 2.05) is 6.08 Å². The van der Waals surface area contributed by atoms with E-state index in [1.165, 1.54) is 19.3 Å². The SMILES string of the molecule is C=CCCCC(=O)CC1CCC1. The summed E-state index contributed by atoms with van der Waals surface area (Å²) in [4.78, 5) is 11.3. The number of hydrogen-bond donors (Lipinski definition) is 0. The Morgan fingerprint density at radius 2 is 2.25 bits per heavy atom. The maximum Gasteiger partial charge on any atom is 0.133 e. The van der Waals surface area contributed by atoms with Crippen molar-refractivity contribution in [3.8, 4) is 0 Å². The molecule has 1 aliphatic rings. The lowest BCUT2D eigenvalue weighted by molar-refractivity contribution is -0.120. The predicted octanol–water partition coefficient (Wildman–Crippen LogP) is 3.10. The molecule has 68 valence electrons. The third-order valence-corrected chi connectivity index (χ3v) is 2.60. The van der Waals surface area contributed by atoms with Crippen LogP contribution in [0.5, 0.6) is 0 Å². The molecule has 0 atom stereocenters. The molecule has 0 saturated heterocycles. The highest BCUT2D eigenvalue weighted by molar-refractivity contribution is 5.78. The molecule has 0 aliphatic heterocycles. The smallest absolute Gasteiger partial charge is 0.133 e. The number of unbranched alkanes of at least 4 members (excludes halogenated alkanes) is 1. The maximum absolute atomic E-state index is 11.3. The number of allylic oxidation sites excluding steroid dienone is 1. The lowest BCUT2D eigenvalue weighted by atomic mass is 9.81. The van der Waals surface area contributed by atoms with E-state index in [1.54, 1.807) is 0 Å². The third-order valence-electron chi connectivity index (χ3n) is 2.60. The van der Waals surface area contributed by atoms with Gasteiger partial charge in [-0.3, -0.25) is 4.79 Å². The van der Waals surface area contributed by atoms with Crippen LogP contribution in [0.3, 0.4) is 0 Å². The quantitative estimate of drug-likeness (QED) is 0.437. The second kappa shape index (κ2) is 5.13. The fourth-order valence-electron chi connectivity index (χ4n) is 1.56. The number of rotatable bonds is 6. The first-order valence-electron chi connectivity index (χ1n) is 4.95. The van der Waals surface area contributed by atoms with Gasteiger partial charge < -0.3 is 0 Å². The summed E-state index contributed by atoms with van der Waals surface area (Å²) in [5.74, 6) is 1.20. The van der Waals surface area contributed by atoms with Crippen LogP contribution >= 0.6 is 0 Å². The third kappa shape index (κ3) is 3.21. The van der Waals surface area contributed by atoms with Crippen LogP contribution in [0.15, 0.2) is 12.7 Å². The molecule has 1 fully saturated rings. The molecule has 0 unspecified atom stereocenters. The van der Waals surface area contributed by atoms with Crippen LogP contribution in [0.25, 0.3) is 0 Å². The van der Waals surface area contributed by atoms with Gasteiger partial charge in [-0.1, -0.05) is 25.3 Å². The first-order chi connectivity index (χ1) is 5.83. The van der Waals surface area contributed by atoms with Crippen LogP contribution in [-0.4, -0.2) is 5.78 Å². The monoisotopic (exact) mass is 166 g/mol. The topological polar surface area (TPSA) is 17.1 Å². The van der Waals surface area contributed by atoms with E-state index < -0.39 is 0 Å². The summed E-state index contributed by atoms with van der Waals surface area (Å²) in [5.41, 5.74) is 0. The number of hydrogen-bond acceptors (Lipinski definition) is 1. The lowest BCUT2D eigenvalue weighted by Crippen LogP contribution is -2.15. The van der Waals surface area contributed by atoms with Crippen molar-refractivity contribution in [2.75, 3.05) is 0 Å². The van der Waals surface area contributed by atoms with E-state index in [9.17, 15) is 4.79 Å². The van der Waals surface area contributed by atoms with Crippen LogP contribution in [0, 0.1) is 5.92 Å². The van der Waals surface area contributed by atoms with Gasteiger partial charge in [0.15, 0.2) is 0 Å². The zero-order chi connectivity index (χ0) is 8.81. The normalized spacial score (nSPS) is 17.0. The summed E-state index contributed by atoms with van der Waals surface area (Å²) in [7, 11) is 0. The van der Waals surface area contributed by atoms with E-state index in [-0.39, 0.29) is 0 Å². The minimum atomic E-state index is 0.460. The second-order valence-electron chi connectivity index (χ2n) is 3.72. The van der Waals surface area contributed by atoms with Gasteiger partial charge in [0.25, 0.3) is 0 Å². The molecule has 0 spiro atoms. The lowest BCUT2D eigenvalue weighted by Gasteiger charge is -2.24. The molecule has 1 aliphatic carbocycles. The molecule has 1 heteroatoms. The van der Waals surface area contributed by atoms with Crippen LogP contribution < -0.4 is 0 Å². The Bertz CT molecular complexity index is 156. The predicted molar refractivity (Wildman–Crippen MR) is 51.0 cm³/mol. The molecule has 12 heavy (non-hydrogen) atoms. The maximum atomic E-state index is 11.3. The van der Waals surface area contributed by atoms with E-state index in [2.05, 4.69) is 6.58 Å². The fourth-order valence-corrected chi connectivity index (χ4v) is 1.56. The molecule has 0 radical (unpaired) electrons. The van der Waals surface area contributed by atoms with Gasteiger partial charge in [0.1, 0.15) is 5.78 Å². The molecular weight excluding hydrogens is 148 g/mol. The Morgan fingerprint density at radius 3 is 2.75 bits per heavy atom. The minimum Gasteiger partial charge on any atom is -0.300 e. The van der Waals surface area contributed by atoms with Gasteiger partial charge in [0, 0.05) is 12.8 Å². The van der Waals surface area contributed by atoms with Crippen molar-refractivity contribution in [3.05, 3.63) is 12.7 Å². The summed E-state index contributed by atoms with van der Waals surface area (Å²) in [6.07, 6.45) is 9.38. The van der Waals surface area contributed by atoms with Crippen molar-refractivity contribution >= 4 is 5.78 Å². The summed E-state index contributed by atoms with van der Waals surface area (Å²) in [6.45, 7) is 3.63.